The van der Waals surface area contributed by atoms with Crippen molar-refractivity contribution in [1.82, 2.24) is 5.32 Å². The van der Waals surface area contributed by atoms with Crippen molar-refractivity contribution in [2.24, 2.45) is 0 Å². The minimum atomic E-state index is -0.212. The molecule has 0 aromatic heterocycles. The Kier molecular flexibility index (Phi) is 4.51. The summed E-state index contributed by atoms with van der Waals surface area (Å²) < 4.78 is 13.0. The highest BCUT2D eigenvalue weighted by molar-refractivity contribution is 5.16. The average molecular weight is 237 g/mol. The van der Waals surface area contributed by atoms with E-state index in [1.54, 1.807) is 12.1 Å². The smallest absolute Gasteiger partial charge is 0.123 e. The molecule has 2 N–H and O–H groups in total. The Balaban J connectivity index is 1.75. The van der Waals surface area contributed by atoms with E-state index in [1.165, 1.54) is 12.5 Å². The topological polar surface area (TPSA) is 32.3 Å². The van der Waals surface area contributed by atoms with Gasteiger partial charge in [0, 0.05) is 6.04 Å². The number of halogens is 1. The van der Waals surface area contributed by atoms with E-state index in [0.717, 1.165) is 37.8 Å². The van der Waals surface area contributed by atoms with Crippen molar-refractivity contribution in [1.29, 1.82) is 0 Å². The summed E-state index contributed by atoms with van der Waals surface area (Å²) in [5.74, 6) is -0.180. The first-order chi connectivity index (χ1) is 8.25. The van der Waals surface area contributed by atoms with Gasteiger partial charge < -0.3 is 10.4 Å². The predicted octanol–water partition coefficient (Wildman–Crippen LogP) is 2.26. The van der Waals surface area contributed by atoms with Crippen molar-refractivity contribution in [3.05, 3.63) is 35.6 Å². The molecule has 2 atom stereocenters. The molecule has 0 heterocycles. The number of benzene rings is 1. The fourth-order valence-electron chi connectivity index (χ4n) is 2.44. The zero-order valence-corrected chi connectivity index (χ0v) is 10.0. The zero-order chi connectivity index (χ0) is 12.1. The normalized spacial score (nSPS) is 24.8. The van der Waals surface area contributed by atoms with E-state index in [0.29, 0.717) is 0 Å². The van der Waals surface area contributed by atoms with Gasteiger partial charge in [0.15, 0.2) is 0 Å². The molecule has 0 unspecified atom stereocenters. The van der Waals surface area contributed by atoms with Gasteiger partial charge in [-0.25, -0.2) is 4.39 Å². The number of rotatable bonds is 4. The Morgan fingerprint density at radius 3 is 2.88 bits per heavy atom. The van der Waals surface area contributed by atoms with Crippen LogP contribution in [0.1, 0.15) is 31.2 Å². The molecule has 0 bridgehead atoms. The van der Waals surface area contributed by atoms with Crippen LogP contribution in [-0.4, -0.2) is 23.8 Å². The van der Waals surface area contributed by atoms with Gasteiger partial charge in [0.1, 0.15) is 5.82 Å². The Bertz CT molecular complexity index is 356. The van der Waals surface area contributed by atoms with Crippen LogP contribution in [0.5, 0.6) is 0 Å². The second-order valence-electron chi connectivity index (χ2n) is 4.79. The molecule has 0 aliphatic heterocycles. The molecule has 0 spiro atoms. The molecular formula is C14H20FNO. The molecule has 2 nitrogen and oxygen atoms in total. The van der Waals surface area contributed by atoms with Crippen LogP contribution >= 0.6 is 0 Å². The molecule has 94 valence electrons. The van der Waals surface area contributed by atoms with Crippen LogP contribution < -0.4 is 5.32 Å². The van der Waals surface area contributed by atoms with Crippen LogP contribution in [0, 0.1) is 5.82 Å². The molecule has 1 aromatic carbocycles. The molecule has 1 aromatic rings. The summed E-state index contributed by atoms with van der Waals surface area (Å²) in [6, 6.07) is 6.92. The molecule has 1 saturated carbocycles. The summed E-state index contributed by atoms with van der Waals surface area (Å²) in [5.41, 5.74) is 1.00. The van der Waals surface area contributed by atoms with Gasteiger partial charge in [-0.05, 0) is 43.5 Å². The Morgan fingerprint density at radius 2 is 2.12 bits per heavy atom. The standard InChI is InChI=1S/C14H20FNO/c15-12-5-3-4-11(10-12)8-9-16-13-6-1-2-7-14(13)17/h3-5,10,13-14,16-17H,1-2,6-9H2/t13-,14-/m0/s1. The van der Waals surface area contributed by atoms with E-state index in [1.807, 2.05) is 6.07 Å². The first-order valence-electron chi connectivity index (χ1n) is 6.41. The molecule has 0 amide bonds. The quantitative estimate of drug-likeness (QED) is 0.842. The van der Waals surface area contributed by atoms with Gasteiger partial charge in [-0.2, -0.15) is 0 Å². The summed E-state index contributed by atoms with van der Waals surface area (Å²) in [4.78, 5) is 0. The summed E-state index contributed by atoms with van der Waals surface area (Å²) in [7, 11) is 0. The second-order valence-corrected chi connectivity index (χ2v) is 4.79. The maximum absolute atomic E-state index is 13.0. The largest absolute Gasteiger partial charge is 0.392 e. The number of hydrogen-bond donors (Lipinski definition) is 2. The lowest BCUT2D eigenvalue weighted by molar-refractivity contribution is 0.0914. The van der Waals surface area contributed by atoms with Gasteiger partial charge in [0.2, 0.25) is 0 Å². The molecule has 1 aliphatic rings. The fourth-order valence-corrected chi connectivity index (χ4v) is 2.44. The molecule has 1 aliphatic carbocycles. The fraction of sp³-hybridized carbons (Fsp3) is 0.571. The van der Waals surface area contributed by atoms with Crippen molar-refractivity contribution < 1.29 is 9.50 Å². The summed E-state index contributed by atoms with van der Waals surface area (Å²) in [6.07, 6.45) is 4.86. The summed E-state index contributed by atoms with van der Waals surface area (Å²) in [6.45, 7) is 0.797. The second kappa shape index (κ2) is 6.12. The summed E-state index contributed by atoms with van der Waals surface area (Å²) in [5, 5.41) is 13.2. The lowest BCUT2D eigenvalue weighted by Gasteiger charge is -2.28. The zero-order valence-electron chi connectivity index (χ0n) is 10.0. The van der Waals surface area contributed by atoms with Gasteiger partial charge in [-0.3, -0.25) is 0 Å². The third-order valence-electron chi connectivity index (χ3n) is 3.44. The van der Waals surface area contributed by atoms with Crippen LogP contribution in [0.3, 0.4) is 0 Å². The number of nitrogens with one attached hydrogen (secondary N) is 1. The highest BCUT2D eigenvalue weighted by Crippen LogP contribution is 2.18. The van der Waals surface area contributed by atoms with E-state index >= 15 is 0 Å². The highest BCUT2D eigenvalue weighted by atomic mass is 19.1. The van der Waals surface area contributed by atoms with E-state index in [-0.39, 0.29) is 18.0 Å². The van der Waals surface area contributed by atoms with Gasteiger partial charge >= 0.3 is 0 Å². The van der Waals surface area contributed by atoms with E-state index in [4.69, 9.17) is 0 Å². The third kappa shape index (κ3) is 3.79. The lowest BCUT2D eigenvalue weighted by atomic mass is 9.92. The Labute approximate surface area is 102 Å². The molecule has 17 heavy (non-hydrogen) atoms. The van der Waals surface area contributed by atoms with Crippen LogP contribution in [0.15, 0.2) is 24.3 Å². The monoisotopic (exact) mass is 237 g/mol. The van der Waals surface area contributed by atoms with E-state index in [9.17, 15) is 9.50 Å². The highest BCUT2D eigenvalue weighted by Gasteiger charge is 2.21. The van der Waals surface area contributed by atoms with Crippen LogP contribution in [-0.2, 0) is 6.42 Å². The number of aliphatic hydroxyl groups is 1. The molecule has 0 saturated heterocycles. The molecule has 2 rings (SSSR count). The van der Waals surface area contributed by atoms with Crippen molar-refractivity contribution in [2.45, 2.75) is 44.2 Å². The average Bonchev–Trinajstić information content (AvgIpc) is 2.32. The first-order valence-corrected chi connectivity index (χ1v) is 6.41. The van der Waals surface area contributed by atoms with E-state index < -0.39 is 0 Å². The minimum Gasteiger partial charge on any atom is -0.392 e. The minimum absolute atomic E-state index is 0.180. The third-order valence-corrected chi connectivity index (χ3v) is 3.44. The molecule has 0 radical (unpaired) electrons. The van der Waals surface area contributed by atoms with Gasteiger partial charge in [-0.1, -0.05) is 25.0 Å². The number of aliphatic hydroxyl groups excluding tert-OH is 1. The van der Waals surface area contributed by atoms with Crippen molar-refractivity contribution in [2.75, 3.05) is 6.54 Å². The van der Waals surface area contributed by atoms with Crippen LogP contribution in [0.4, 0.5) is 4.39 Å². The van der Waals surface area contributed by atoms with E-state index in [2.05, 4.69) is 5.32 Å². The van der Waals surface area contributed by atoms with Crippen LogP contribution in [0.2, 0.25) is 0 Å². The lowest BCUT2D eigenvalue weighted by Crippen LogP contribution is -2.42. The summed E-state index contributed by atoms with van der Waals surface area (Å²) >= 11 is 0. The molecule has 1 fully saturated rings. The van der Waals surface area contributed by atoms with Gasteiger partial charge in [0.25, 0.3) is 0 Å². The van der Waals surface area contributed by atoms with Crippen molar-refractivity contribution in [3.8, 4) is 0 Å². The predicted molar refractivity (Wildman–Crippen MR) is 66.4 cm³/mol. The maximum Gasteiger partial charge on any atom is 0.123 e. The maximum atomic E-state index is 13.0. The molecule has 3 heteroatoms. The van der Waals surface area contributed by atoms with Crippen molar-refractivity contribution >= 4 is 0 Å². The molecular weight excluding hydrogens is 217 g/mol. The van der Waals surface area contributed by atoms with Gasteiger partial charge in [-0.15, -0.1) is 0 Å². The van der Waals surface area contributed by atoms with Gasteiger partial charge in [0.05, 0.1) is 6.10 Å². The van der Waals surface area contributed by atoms with Crippen molar-refractivity contribution in [3.63, 3.8) is 0 Å². The first kappa shape index (κ1) is 12.5. The SMILES string of the molecule is O[C@H]1CCCC[C@@H]1NCCc1cccc(F)c1. The Hall–Kier alpha value is -0.930. The van der Waals surface area contributed by atoms with Crippen LogP contribution in [0.25, 0.3) is 0 Å². The number of hydrogen-bond acceptors (Lipinski definition) is 2. The Morgan fingerprint density at radius 1 is 1.29 bits per heavy atom.